The highest BCUT2D eigenvalue weighted by atomic mass is 16.2. The van der Waals surface area contributed by atoms with Gasteiger partial charge in [-0.25, -0.2) is 4.98 Å². The lowest BCUT2D eigenvalue weighted by molar-refractivity contribution is -0.114. The molecule has 0 atom stereocenters. The molecule has 148 valence electrons. The highest BCUT2D eigenvalue weighted by molar-refractivity contribution is 6.06. The molecule has 8 nitrogen and oxygen atoms in total. The summed E-state index contributed by atoms with van der Waals surface area (Å²) < 4.78 is 0. The topological polar surface area (TPSA) is 124 Å². The third-order valence-corrected chi connectivity index (χ3v) is 3.95. The van der Waals surface area contributed by atoms with Crippen molar-refractivity contribution in [2.24, 2.45) is 0 Å². The first-order chi connectivity index (χ1) is 14.5. The quantitative estimate of drug-likeness (QED) is 0.606. The number of nitrogens with zero attached hydrogens (tertiary/aromatic N) is 2. The second-order valence-electron chi connectivity index (χ2n) is 6.24. The van der Waals surface area contributed by atoms with Crippen LogP contribution >= 0.6 is 0 Å². The Morgan fingerprint density at radius 1 is 0.800 bits per heavy atom. The molecule has 8 heteroatoms. The first kappa shape index (κ1) is 20.2. The lowest BCUT2D eigenvalue weighted by Crippen LogP contribution is -2.19. The van der Waals surface area contributed by atoms with Gasteiger partial charge < -0.3 is 16.0 Å². The molecule has 0 fully saturated rings. The Bertz CT molecular complexity index is 1170. The van der Waals surface area contributed by atoms with Gasteiger partial charge in [-0.1, -0.05) is 24.3 Å². The average molecular weight is 399 g/mol. The Morgan fingerprint density at radius 2 is 1.40 bits per heavy atom. The van der Waals surface area contributed by atoms with Crippen molar-refractivity contribution in [2.75, 3.05) is 16.0 Å². The highest BCUT2D eigenvalue weighted by Gasteiger charge is 2.14. The summed E-state index contributed by atoms with van der Waals surface area (Å²) in [6.45, 7) is 1.39. The van der Waals surface area contributed by atoms with Crippen LogP contribution in [0.2, 0.25) is 0 Å². The predicted molar refractivity (Wildman–Crippen MR) is 112 cm³/mol. The van der Waals surface area contributed by atoms with Gasteiger partial charge in [0, 0.05) is 18.3 Å². The zero-order valence-corrected chi connectivity index (χ0v) is 16.0. The van der Waals surface area contributed by atoms with Crippen molar-refractivity contribution < 1.29 is 14.4 Å². The van der Waals surface area contributed by atoms with E-state index in [1.807, 2.05) is 6.07 Å². The van der Waals surface area contributed by atoms with Crippen LogP contribution in [-0.2, 0) is 4.79 Å². The molecular weight excluding hydrogens is 382 g/mol. The maximum Gasteiger partial charge on any atom is 0.274 e. The van der Waals surface area contributed by atoms with Crippen LogP contribution in [0, 0.1) is 11.3 Å². The predicted octanol–water partition coefficient (Wildman–Crippen LogP) is 3.42. The van der Waals surface area contributed by atoms with Gasteiger partial charge >= 0.3 is 0 Å². The molecule has 0 aliphatic rings. The Balaban J connectivity index is 1.75. The number of aromatic nitrogens is 1. The van der Waals surface area contributed by atoms with Crippen molar-refractivity contribution in [3.8, 4) is 6.07 Å². The number of carbonyl (C=O) groups is 3. The van der Waals surface area contributed by atoms with Gasteiger partial charge in [-0.15, -0.1) is 0 Å². The van der Waals surface area contributed by atoms with Gasteiger partial charge in [0.15, 0.2) is 0 Å². The minimum absolute atomic E-state index is 0.0300. The third kappa shape index (κ3) is 5.05. The Morgan fingerprint density at radius 3 is 2.07 bits per heavy atom. The minimum atomic E-state index is -0.542. The van der Waals surface area contributed by atoms with Gasteiger partial charge in [-0.3, -0.25) is 14.4 Å². The van der Waals surface area contributed by atoms with E-state index < -0.39 is 11.8 Å². The molecule has 3 aromatic rings. The van der Waals surface area contributed by atoms with Crippen molar-refractivity contribution in [1.82, 2.24) is 4.98 Å². The SMILES string of the molecule is CC(=O)Nc1cccc(NC(=O)c2cccc(C(=O)Nc3ccccc3C#N)n2)c1. The second kappa shape index (κ2) is 9.12. The van der Waals surface area contributed by atoms with Crippen LogP contribution in [0.25, 0.3) is 0 Å². The summed E-state index contributed by atoms with van der Waals surface area (Å²) >= 11 is 0. The molecule has 1 heterocycles. The summed E-state index contributed by atoms with van der Waals surface area (Å²) in [7, 11) is 0. The Hall–Kier alpha value is -4.51. The molecule has 0 unspecified atom stereocenters. The fourth-order valence-electron chi connectivity index (χ4n) is 2.64. The number of nitriles is 1. The first-order valence-electron chi connectivity index (χ1n) is 8.93. The molecule has 1 aromatic heterocycles. The van der Waals surface area contributed by atoms with Gasteiger partial charge in [-0.05, 0) is 42.5 Å². The smallest absolute Gasteiger partial charge is 0.274 e. The van der Waals surface area contributed by atoms with Crippen molar-refractivity contribution in [3.63, 3.8) is 0 Å². The standard InChI is InChI=1S/C22H17N5O3/c1-14(28)24-16-7-4-8-17(12-16)25-21(29)19-10-5-11-20(26-19)22(30)27-18-9-3-2-6-15(18)13-23/h2-12H,1H3,(H,24,28)(H,25,29)(H,27,30). The largest absolute Gasteiger partial charge is 0.326 e. The van der Waals surface area contributed by atoms with E-state index in [2.05, 4.69) is 20.9 Å². The van der Waals surface area contributed by atoms with Crippen LogP contribution in [0.4, 0.5) is 17.1 Å². The number of hydrogen-bond acceptors (Lipinski definition) is 5. The molecule has 0 aliphatic carbocycles. The molecule has 0 aliphatic heterocycles. The molecule has 3 N–H and O–H groups in total. The molecule has 0 spiro atoms. The van der Waals surface area contributed by atoms with Crippen LogP contribution in [0.15, 0.2) is 66.7 Å². The van der Waals surface area contributed by atoms with Crippen molar-refractivity contribution in [2.45, 2.75) is 6.92 Å². The fraction of sp³-hybridized carbons (Fsp3) is 0.0455. The van der Waals surface area contributed by atoms with Crippen LogP contribution in [0.1, 0.15) is 33.5 Å². The molecule has 2 aromatic carbocycles. The Kier molecular flexibility index (Phi) is 6.15. The number of carbonyl (C=O) groups excluding carboxylic acids is 3. The van der Waals surface area contributed by atoms with E-state index in [0.29, 0.717) is 22.6 Å². The minimum Gasteiger partial charge on any atom is -0.326 e. The van der Waals surface area contributed by atoms with Crippen LogP contribution in [-0.4, -0.2) is 22.7 Å². The fourth-order valence-corrected chi connectivity index (χ4v) is 2.64. The zero-order valence-electron chi connectivity index (χ0n) is 16.0. The number of hydrogen-bond donors (Lipinski definition) is 3. The molecule has 30 heavy (non-hydrogen) atoms. The third-order valence-electron chi connectivity index (χ3n) is 3.95. The first-order valence-corrected chi connectivity index (χ1v) is 8.93. The normalized spacial score (nSPS) is 9.87. The number of benzene rings is 2. The number of amides is 3. The van der Waals surface area contributed by atoms with Crippen LogP contribution < -0.4 is 16.0 Å². The van der Waals surface area contributed by atoms with Gasteiger partial charge in [0.1, 0.15) is 17.5 Å². The summed E-state index contributed by atoms with van der Waals surface area (Å²) in [6.07, 6.45) is 0. The van der Waals surface area contributed by atoms with Crippen LogP contribution in [0.3, 0.4) is 0 Å². The summed E-state index contributed by atoms with van der Waals surface area (Å²) in [5.74, 6) is -1.28. The molecule has 0 saturated carbocycles. The van der Waals surface area contributed by atoms with Crippen molar-refractivity contribution in [1.29, 1.82) is 5.26 Å². The van der Waals surface area contributed by atoms with Gasteiger partial charge in [0.25, 0.3) is 11.8 Å². The van der Waals surface area contributed by atoms with E-state index in [4.69, 9.17) is 5.26 Å². The number of para-hydroxylation sites is 1. The lowest BCUT2D eigenvalue weighted by Gasteiger charge is -2.09. The second-order valence-corrected chi connectivity index (χ2v) is 6.24. The highest BCUT2D eigenvalue weighted by Crippen LogP contribution is 2.17. The van der Waals surface area contributed by atoms with Gasteiger partial charge in [-0.2, -0.15) is 5.26 Å². The molecular formula is C22H17N5O3. The van der Waals surface area contributed by atoms with Gasteiger partial charge in [0.2, 0.25) is 5.91 Å². The summed E-state index contributed by atoms with van der Waals surface area (Å²) in [6, 6.07) is 19.7. The molecule has 0 bridgehead atoms. The summed E-state index contributed by atoms with van der Waals surface area (Å²) in [4.78, 5) is 40.3. The van der Waals surface area contributed by atoms with E-state index in [0.717, 1.165) is 0 Å². The number of anilines is 3. The number of rotatable bonds is 5. The molecule has 3 rings (SSSR count). The van der Waals surface area contributed by atoms with Gasteiger partial charge in [0.05, 0.1) is 11.3 Å². The van der Waals surface area contributed by atoms with Crippen molar-refractivity contribution >= 4 is 34.8 Å². The zero-order chi connectivity index (χ0) is 21.5. The number of pyridine rings is 1. The molecule has 0 saturated heterocycles. The number of nitrogens with one attached hydrogen (secondary N) is 3. The molecule has 0 radical (unpaired) electrons. The van der Waals surface area contributed by atoms with E-state index >= 15 is 0 Å². The van der Waals surface area contributed by atoms with Crippen LogP contribution in [0.5, 0.6) is 0 Å². The lowest BCUT2D eigenvalue weighted by atomic mass is 10.2. The summed E-state index contributed by atoms with van der Waals surface area (Å²) in [5, 5.41) is 17.1. The van der Waals surface area contributed by atoms with E-state index in [1.165, 1.54) is 19.1 Å². The molecule has 3 amide bonds. The monoisotopic (exact) mass is 399 g/mol. The maximum atomic E-state index is 12.5. The van der Waals surface area contributed by atoms with E-state index in [9.17, 15) is 14.4 Å². The summed E-state index contributed by atoms with van der Waals surface area (Å²) in [5.41, 5.74) is 1.75. The Labute approximate surface area is 172 Å². The van der Waals surface area contributed by atoms with E-state index in [-0.39, 0.29) is 17.3 Å². The maximum absolute atomic E-state index is 12.5. The van der Waals surface area contributed by atoms with Crippen molar-refractivity contribution in [3.05, 3.63) is 83.7 Å². The van der Waals surface area contributed by atoms with E-state index in [1.54, 1.807) is 54.6 Å². The average Bonchev–Trinajstić information content (AvgIpc) is 2.74.